The van der Waals surface area contributed by atoms with Crippen molar-refractivity contribution in [2.24, 2.45) is 0 Å². The standard InChI is InChI=1S/C28H26FN3O5/c1-36-24-13-22-23(14-25(24)37-2)31(16-18-4-3-5-20(29)12-18)28(35)32(27(22)34)15-17-6-8-19(9-7-17)26(33)30-21-10-11-21/h3-9,12-14,21H,10-11,15-16H2,1-2H3,(H,30,33). The van der Waals surface area contributed by atoms with Crippen molar-refractivity contribution >= 4 is 16.8 Å². The number of carbonyl (C=O) groups excluding carboxylic acids is 1. The molecule has 9 heteroatoms. The van der Waals surface area contributed by atoms with E-state index in [2.05, 4.69) is 5.32 Å². The molecule has 0 saturated heterocycles. The van der Waals surface area contributed by atoms with E-state index in [9.17, 15) is 18.8 Å². The molecule has 1 aliphatic rings. The predicted molar refractivity (Wildman–Crippen MR) is 137 cm³/mol. The van der Waals surface area contributed by atoms with Crippen molar-refractivity contribution in [3.63, 3.8) is 0 Å². The zero-order chi connectivity index (χ0) is 26.1. The highest BCUT2D eigenvalue weighted by atomic mass is 19.1. The van der Waals surface area contributed by atoms with Crippen LogP contribution in [0.5, 0.6) is 11.5 Å². The van der Waals surface area contributed by atoms with E-state index in [0.717, 1.165) is 17.4 Å². The Morgan fingerprint density at radius 3 is 2.24 bits per heavy atom. The van der Waals surface area contributed by atoms with Gasteiger partial charge in [-0.2, -0.15) is 0 Å². The van der Waals surface area contributed by atoms with Crippen LogP contribution in [0.15, 0.2) is 70.3 Å². The third-order valence-electron chi connectivity index (χ3n) is 6.43. The molecule has 3 aromatic carbocycles. The molecule has 0 atom stereocenters. The molecule has 1 amide bonds. The minimum Gasteiger partial charge on any atom is -0.493 e. The second kappa shape index (κ2) is 9.93. The van der Waals surface area contributed by atoms with Gasteiger partial charge in [-0.3, -0.25) is 18.7 Å². The average Bonchev–Trinajstić information content (AvgIpc) is 3.72. The molecule has 37 heavy (non-hydrogen) atoms. The van der Waals surface area contributed by atoms with Gasteiger partial charge in [-0.15, -0.1) is 0 Å². The maximum absolute atomic E-state index is 13.9. The van der Waals surface area contributed by atoms with Gasteiger partial charge >= 0.3 is 5.69 Å². The van der Waals surface area contributed by atoms with Crippen molar-refractivity contribution in [2.45, 2.75) is 32.0 Å². The van der Waals surface area contributed by atoms with Crippen LogP contribution < -0.4 is 26.0 Å². The molecule has 0 bridgehead atoms. The third-order valence-corrected chi connectivity index (χ3v) is 6.43. The molecule has 190 valence electrons. The lowest BCUT2D eigenvalue weighted by Gasteiger charge is -2.17. The molecule has 0 radical (unpaired) electrons. The highest BCUT2D eigenvalue weighted by Gasteiger charge is 2.24. The van der Waals surface area contributed by atoms with Crippen LogP contribution in [-0.4, -0.2) is 35.3 Å². The fourth-order valence-electron chi connectivity index (χ4n) is 4.29. The van der Waals surface area contributed by atoms with Crippen molar-refractivity contribution < 1.29 is 18.7 Å². The molecule has 1 aromatic heterocycles. The van der Waals surface area contributed by atoms with Gasteiger partial charge in [0.25, 0.3) is 11.5 Å². The number of benzene rings is 3. The van der Waals surface area contributed by atoms with E-state index in [1.165, 1.54) is 30.9 Å². The van der Waals surface area contributed by atoms with E-state index in [1.807, 2.05) is 0 Å². The Labute approximate surface area is 211 Å². The molecule has 1 heterocycles. The Morgan fingerprint density at radius 2 is 1.59 bits per heavy atom. The number of halogens is 1. The van der Waals surface area contributed by atoms with Gasteiger partial charge in [0.2, 0.25) is 0 Å². The first kappa shape index (κ1) is 24.3. The zero-order valence-corrected chi connectivity index (χ0v) is 20.5. The average molecular weight is 504 g/mol. The summed E-state index contributed by atoms with van der Waals surface area (Å²) < 4.78 is 27.2. The van der Waals surface area contributed by atoms with Crippen LogP contribution in [0.2, 0.25) is 0 Å². The summed E-state index contributed by atoms with van der Waals surface area (Å²) in [4.78, 5) is 39.5. The van der Waals surface area contributed by atoms with Gasteiger partial charge in [-0.25, -0.2) is 9.18 Å². The fourth-order valence-corrected chi connectivity index (χ4v) is 4.29. The molecule has 1 fully saturated rings. The molecule has 0 unspecified atom stereocenters. The number of fused-ring (bicyclic) bond motifs is 1. The molecule has 0 spiro atoms. The van der Waals surface area contributed by atoms with Gasteiger partial charge in [-0.1, -0.05) is 24.3 Å². The summed E-state index contributed by atoms with van der Waals surface area (Å²) in [7, 11) is 2.93. The number of hydrogen-bond donors (Lipinski definition) is 1. The summed E-state index contributed by atoms with van der Waals surface area (Å²) in [6.45, 7) is 0.0404. The number of methoxy groups -OCH3 is 2. The highest BCUT2D eigenvalue weighted by molar-refractivity contribution is 5.94. The Balaban J connectivity index is 1.60. The second-order valence-corrected chi connectivity index (χ2v) is 9.06. The molecule has 4 aromatic rings. The topological polar surface area (TPSA) is 91.6 Å². The van der Waals surface area contributed by atoms with E-state index < -0.39 is 17.1 Å². The van der Waals surface area contributed by atoms with Crippen LogP contribution >= 0.6 is 0 Å². The Morgan fingerprint density at radius 1 is 0.919 bits per heavy atom. The van der Waals surface area contributed by atoms with E-state index >= 15 is 0 Å². The first-order valence-corrected chi connectivity index (χ1v) is 11.9. The van der Waals surface area contributed by atoms with Crippen LogP contribution in [0.25, 0.3) is 10.9 Å². The predicted octanol–water partition coefficient (Wildman–Crippen LogP) is 3.31. The minimum atomic E-state index is -0.551. The maximum Gasteiger partial charge on any atom is 0.332 e. The maximum atomic E-state index is 13.9. The Bertz CT molecular complexity index is 1600. The van der Waals surface area contributed by atoms with Gasteiger partial charge in [0.1, 0.15) is 5.82 Å². The normalized spacial score (nSPS) is 12.9. The molecule has 1 aliphatic carbocycles. The zero-order valence-electron chi connectivity index (χ0n) is 20.5. The van der Waals surface area contributed by atoms with Crippen molar-refractivity contribution in [3.8, 4) is 11.5 Å². The number of hydrogen-bond acceptors (Lipinski definition) is 5. The summed E-state index contributed by atoms with van der Waals surface area (Å²) in [5.41, 5.74) is 1.06. The molecule has 5 rings (SSSR count). The first-order chi connectivity index (χ1) is 17.9. The van der Waals surface area contributed by atoms with Crippen molar-refractivity contribution in [1.29, 1.82) is 0 Å². The van der Waals surface area contributed by atoms with E-state index in [1.54, 1.807) is 48.5 Å². The van der Waals surface area contributed by atoms with Crippen LogP contribution in [0.1, 0.15) is 34.3 Å². The van der Waals surface area contributed by atoms with E-state index in [0.29, 0.717) is 33.7 Å². The number of ether oxygens (including phenoxy) is 2. The number of amides is 1. The molecular weight excluding hydrogens is 477 g/mol. The van der Waals surface area contributed by atoms with Gasteiger partial charge in [0, 0.05) is 17.7 Å². The number of carbonyl (C=O) groups is 1. The number of nitrogens with zero attached hydrogens (tertiary/aromatic N) is 2. The molecular formula is C28H26FN3O5. The quantitative estimate of drug-likeness (QED) is 0.398. The van der Waals surface area contributed by atoms with Gasteiger partial charge in [0.05, 0.1) is 38.2 Å². The summed E-state index contributed by atoms with van der Waals surface area (Å²) in [6.07, 6.45) is 1.99. The lowest BCUT2D eigenvalue weighted by molar-refractivity contribution is 0.0951. The Hall–Kier alpha value is -4.40. The number of aromatic nitrogens is 2. The van der Waals surface area contributed by atoms with Crippen LogP contribution in [0.3, 0.4) is 0 Å². The molecule has 8 nitrogen and oxygen atoms in total. The Kier molecular flexibility index (Phi) is 6.52. The third kappa shape index (κ3) is 4.97. The fraction of sp³-hybridized carbons (Fsp3) is 0.250. The molecule has 1 saturated carbocycles. The molecule has 0 aliphatic heterocycles. The van der Waals surface area contributed by atoms with E-state index in [4.69, 9.17) is 9.47 Å². The second-order valence-electron chi connectivity index (χ2n) is 9.06. The molecule has 1 N–H and O–H groups in total. The minimum absolute atomic E-state index is 0.00434. The van der Waals surface area contributed by atoms with Gasteiger partial charge in [-0.05, 0) is 54.3 Å². The summed E-state index contributed by atoms with van der Waals surface area (Å²) in [5.74, 6) is 0.142. The van der Waals surface area contributed by atoms with Gasteiger partial charge in [0.15, 0.2) is 11.5 Å². The lowest BCUT2D eigenvalue weighted by atomic mass is 10.1. The summed E-state index contributed by atoms with van der Waals surface area (Å²) >= 11 is 0. The lowest BCUT2D eigenvalue weighted by Crippen LogP contribution is -2.40. The smallest absolute Gasteiger partial charge is 0.332 e. The summed E-state index contributed by atoms with van der Waals surface area (Å²) in [6, 6.07) is 16.1. The van der Waals surface area contributed by atoms with Crippen LogP contribution in [-0.2, 0) is 13.1 Å². The van der Waals surface area contributed by atoms with Crippen LogP contribution in [0.4, 0.5) is 4.39 Å². The highest BCUT2D eigenvalue weighted by Crippen LogP contribution is 2.30. The summed E-state index contributed by atoms with van der Waals surface area (Å²) in [5, 5.41) is 3.19. The SMILES string of the molecule is COc1cc2c(=O)n(Cc3ccc(C(=O)NC4CC4)cc3)c(=O)n(Cc3cccc(F)c3)c2cc1OC. The largest absolute Gasteiger partial charge is 0.493 e. The van der Waals surface area contributed by atoms with Crippen molar-refractivity contribution in [3.05, 3.63) is 104 Å². The number of nitrogens with one attached hydrogen (secondary N) is 1. The van der Waals surface area contributed by atoms with Crippen molar-refractivity contribution in [1.82, 2.24) is 14.5 Å². The van der Waals surface area contributed by atoms with E-state index in [-0.39, 0.29) is 30.4 Å². The number of rotatable bonds is 8. The van der Waals surface area contributed by atoms with Crippen LogP contribution in [0, 0.1) is 5.82 Å². The van der Waals surface area contributed by atoms with Gasteiger partial charge < -0.3 is 14.8 Å². The first-order valence-electron chi connectivity index (χ1n) is 11.9. The monoisotopic (exact) mass is 503 g/mol. The van der Waals surface area contributed by atoms with Crippen molar-refractivity contribution in [2.75, 3.05) is 14.2 Å².